The Hall–Kier alpha value is -0.290. The largest absolute Gasteiger partial charge is 0.240 e. The third kappa shape index (κ3) is 3.09. The van der Waals surface area contributed by atoms with Crippen LogP contribution in [0.1, 0.15) is 32.6 Å². The summed E-state index contributed by atoms with van der Waals surface area (Å²) in [5, 5.41) is 0.615. The van der Waals surface area contributed by atoms with Gasteiger partial charge in [0.1, 0.15) is 0 Å². The van der Waals surface area contributed by atoms with E-state index >= 15 is 0 Å². The number of rotatable bonds is 4. The third-order valence-electron chi connectivity index (χ3n) is 4.98. The highest BCUT2D eigenvalue weighted by molar-refractivity contribution is 7.89. The van der Waals surface area contributed by atoms with Crippen LogP contribution in [0.3, 0.4) is 0 Å². The van der Waals surface area contributed by atoms with Crippen LogP contribution in [0, 0.1) is 17.8 Å². The molecule has 2 fully saturated rings. The minimum atomic E-state index is -3.55. The third-order valence-corrected chi connectivity index (χ3v) is 7.27. The number of sulfonamides is 1. The van der Waals surface area contributed by atoms with Gasteiger partial charge in [-0.3, -0.25) is 0 Å². The standard InChI is InChI=1S/C15H19Cl2NO2S/c1-9(13-7-10-2-3-11(13)6-10)18-21(19,20)12-4-5-14(16)15(17)8-12/h4-5,8-11,13,18H,2-3,6-7H2,1H3/t9-,10-,11-,13-/m0/s1. The van der Waals surface area contributed by atoms with Crippen molar-refractivity contribution >= 4 is 33.2 Å². The number of hydrogen-bond donors (Lipinski definition) is 1. The number of hydrogen-bond acceptors (Lipinski definition) is 2. The summed E-state index contributed by atoms with van der Waals surface area (Å²) in [6, 6.07) is 4.37. The summed E-state index contributed by atoms with van der Waals surface area (Å²) >= 11 is 11.7. The molecule has 6 heteroatoms. The molecule has 0 aromatic heterocycles. The Kier molecular flexibility index (Phi) is 4.25. The highest BCUT2D eigenvalue weighted by Crippen LogP contribution is 2.49. The second kappa shape index (κ2) is 5.73. The van der Waals surface area contributed by atoms with Crippen molar-refractivity contribution in [1.29, 1.82) is 0 Å². The molecule has 3 nitrogen and oxygen atoms in total. The minimum Gasteiger partial charge on any atom is -0.208 e. The van der Waals surface area contributed by atoms with E-state index in [2.05, 4.69) is 4.72 Å². The number of halogens is 2. The molecule has 0 saturated heterocycles. The molecule has 1 aromatic rings. The van der Waals surface area contributed by atoms with Crippen molar-refractivity contribution in [2.75, 3.05) is 0 Å². The normalized spacial score (nSPS) is 29.8. The predicted octanol–water partition coefficient (Wildman–Crippen LogP) is 4.10. The van der Waals surface area contributed by atoms with Crippen molar-refractivity contribution in [3.05, 3.63) is 28.2 Å². The quantitative estimate of drug-likeness (QED) is 0.891. The molecule has 3 rings (SSSR count). The van der Waals surface area contributed by atoms with Crippen LogP contribution in [0.15, 0.2) is 23.1 Å². The van der Waals surface area contributed by atoms with E-state index in [1.54, 1.807) is 0 Å². The van der Waals surface area contributed by atoms with Gasteiger partial charge in [0.15, 0.2) is 0 Å². The van der Waals surface area contributed by atoms with E-state index in [0.29, 0.717) is 16.9 Å². The highest BCUT2D eigenvalue weighted by Gasteiger charge is 2.42. The fourth-order valence-electron chi connectivity index (χ4n) is 3.95. The van der Waals surface area contributed by atoms with Crippen LogP contribution in [0.5, 0.6) is 0 Å². The minimum absolute atomic E-state index is 0.0419. The predicted molar refractivity (Wildman–Crippen MR) is 85.2 cm³/mol. The lowest BCUT2D eigenvalue weighted by atomic mass is 9.84. The van der Waals surface area contributed by atoms with Gasteiger partial charge in [-0.25, -0.2) is 13.1 Å². The van der Waals surface area contributed by atoms with E-state index in [4.69, 9.17) is 23.2 Å². The summed E-state index contributed by atoms with van der Waals surface area (Å²) in [5.74, 6) is 1.94. The fourth-order valence-corrected chi connectivity index (χ4v) is 5.63. The topological polar surface area (TPSA) is 46.2 Å². The molecule has 2 aliphatic rings. The molecular weight excluding hydrogens is 329 g/mol. The second-order valence-electron chi connectivity index (χ2n) is 6.32. The zero-order valence-electron chi connectivity index (χ0n) is 11.9. The first kappa shape index (κ1) is 15.6. The van der Waals surface area contributed by atoms with Crippen molar-refractivity contribution in [3.63, 3.8) is 0 Å². The van der Waals surface area contributed by atoms with Crippen molar-refractivity contribution in [1.82, 2.24) is 4.72 Å². The molecule has 2 bridgehead atoms. The number of fused-ring (bicyclic) bond motifs is 2. The van der Waals surface area contributed by atoms with E-state index in [-0.39, 0.29) is 16.0 Å². The van der Waals surface area contributed by atoms with Gasteiger partial charge in [-0.05, 0) is 62.1 Å². The van der Waals surface area contributed by atoms with Gasteiger partial charge in [0.05, 0.1) is 14.9 Å². The molecule has 0 unspecified atom stereocenters. The van der Waals surface area contributed by atoms with Crippen molar-refractivity contribution in [2.24, 2.45) is 17.8 Å². The average molecular weight is 348 g/mol. The molecule has 0 aliphatic heterocycles. The number of benzene rings is 1. The van der Waals surface area contributed by atoms with Crippen molar-refractivity contribution in [2.45, 2.75) is 43.5 Å². The maximum Gasteiger partial charge on any atom is 0.240 e. The van der Waals surface area contributed by atoms with Gasteiger partial charge >= 0.3 is 0 Å². The Balaban J connectivity index is 1.75. The number of nitrogens with one attached hydrogen (secondary N) is 1. The van der Waals surface area contributed by atoms with Gasteiger partial charge < -0.3 is 0 Å². The maximum absolute atomic E-state index is 12.5. The summed E-state index contributed by atoms with van der Waals surface area (Å²) in [4.78, 5) is 0.173. The summed E-state index contributed by atoms with van der Waals surface area (Å²) in [6.07, 6.45) is 4.97. The second-order valence-corrected chi connectivity index (χ2v) is 8.85. The molecule has 2 saturated carbocycles. The van der Waals surface area contributed by atoms with Crippen molar-refractivity contribution in [3.8, 4) is 0 Å². The zero-order valence-corrected chi connectivity index (χ0v) is 14.2. The van der Waals surface area contributed by atoms with Gasteiger partial charge in [0.25, 0.3) is 0 Å². The van der Waals surface area contributed by atoms with Gasteiger partial charge in [-0.2, -0.15) is 0 Å². The lowest BCUT2D eigenvalue weighted by Gasteiger charge is -2.28. The van der Waals surface area contributed by atoms with Gasteiger partial charge in [0, 0.05) is 6.04 Å². The van der Waals surface area contributed by atoms with Crippen LogP contribution >= 0.6 is 23.2 Å². The van der Waals surface area contributed by atoms with Crippen LogP contribution in [-0.2, 0) is 10.0 Å². The average Bonchev–Trinajstić information content (AvgIpc) is 3.03. The lowest BCUT2D eigenvalue weighted by molar-refractivity contribution is 0.280. The fraction of sp³-hybridized carbons (Fsp3) is 0.600. The lowest BCUT2D eigenvalue weighted by Crippen LogP contribution is -2.40. The van der Waals surface area contributed by atoms with Crippen LogP contribution in [-0.4, -0.2) is 14.5 Å². The zero-order chi connectivity index (χ0) is 15.2. The Morgan fingerprint density at radius 1 is 1.19 bits per heavy atom. The first-order chi connectivity index (χ1) is 9.87. The molecule has 1 N–H and O–H groups in total. The Morgan fingerprint density at radius 3 is 2.52 bits per heavy atom. The Morgan fingerprint density at radius 2 is 1.95 bits per heavy atom. The van der Waals surface area contributed by atoms with E-state index in [1.807, 2.05) is 6.92 Å². The summed E-state index contributed by atoms with van der Waals surface area (Å²) in [6.45, 7) is 1.97. The molecule has 21 heavy (non-hydrogen) atoms. The van der Waals surface area contributed by atoms with Crippen LogP contribution < -0.4 is 4.72 Å². The van der Waals surface area contributed by atoms with Gasteiger partial charge in [-0.15, -0.1) is 0 Å². The molecule has 0 radical (unpaired) electrons. The molecule has 4 atom stereocenters. The van der Waals surface area contributed by atoms with E-state index < -0.39 is 10.0 Å². The SMILES string of the molecule is C[C@H](NS(=O)(=O)c1ccc(Cl)c(Cl)c1)[C@@H]1C[C@H]2CC[C@H]1C2. The summed E-state index contributed by atoms with van der Waals surface area (Å²) in [7, 11) is -3.55. The molecule has 1 aromatic carbocycles. The maximum atomic E-state index is 12.5. The first-order valence-corrected chi connectivity index (χ1v) is 9.58. The molecule has 0 heterocycles. The van der Waals surface area contributed by atoms with Crippen molar-refractivity contribution < 1.29 is 8.42 Å². The molecule has 0 amide bonds. The Labute approximate surface area is 136 Å². The van der Waals surface area contributed by atoms with Gasteiger partial charge in [0.2, 0.25) is 10.0 Å². The van der Waals surface area contributed by atoms with E-state index in [1.165, 1.54) is 37.5 Å². The molecular formula is C15H19Cl2NO2S. The highest BCUT2D eigenvalue weighted by atomic mass is 35.5. The monoisotopic (exact) mass is 347 g/mol. The molecule has 2 aliphatic carbocycles. The van der Waals surface area contributed by atoms with E-state index in [0.717, 1.165) is 12.3 Å². The van der Waals surface area contributed by atoms with E-state index in [9.17, 15) is 8.42 Å². The summed E-state index contributed by atoms with van der Waals surface area (Å²) in [5.41, 5.74) is 0. The summed E-state index contributed by atoms with van der Waals surface area (Å²) < 4.78 is 27.7. The van der Waals surface area contributed by atoms with Crippen LogP contribution in [0.2, 0.25) is 10.0 Å². The van der Waals surface area contributed by atoms with Gasteiger partial charge in [-0.1, -0.05) is 29.6 Å². The smallest absolute Gasteiger partial charge is 0.208 e. The van der Waals surface area contributed by atoms with Crippen LogP contribution in [0.4, 0.5) is 0 Å². The first-order valence-electron chi connectivity index (χ1n) is 7.34. The van der Waals surface area contributed by atoms with Crippen LogP contribution in [0.25, 0.3) is 0 Å². The Bertz CT molecular complexity index is 647. The molecule has 0 spiro atoms. The molecule has 116 valence electrons.